The third kappa shape index (κ3) is 3.90. The van der Waals surface area contributed by atoms with E-state index in [0.717, 1.165) is 12.2 Å². The predicted molar refractivity (Wildman–Crippen MR) is 52.8 cm³/mol. The molecule has 0 fully saturated rings. The molecule has 1 rings (SSSR count). The van der Waals surface area contributed by atoms with E-state index in [0.29, 0.717) is 13.1 Å². The fraction of sp³-hybridized carbons (Fsp3) is 0.500. The molecule has 2 amide bonds. The topological polar surface area (TPSA) is 81.8 Å². The molecular formula is C8H15N5O. The number of nitrogens with one attached hydrogen (secondary N) is 4. The van der Waals surface area contributed by atoms with Gasteiger partial charge in [-0.3, -0.25) is 5.10 Å². The number of carbonyl (C=O) groups excluding carboxylic acids is 1. The van der Waals surface area contributed by atoms with Crippen LogP contribution in [-0.2, 0) is 6.54 Å². The first-order valence-corrected chi connectivity index (χ1v) is 4.48. The van der Waals surface area contributed by atoms with Gasteiger partial charge in [0.25, 0.3) is 0 Å². The van der Waals surface area contributed by atoms with Crippen molar-refractivity contribution in [3.63, 3.8) is 0 Å². The van der Waals surface area contributed by atoms with Gasteiger partial charge in [0.05, 0.1) is 5.69 Å². The van der Waals surface area contributed by atoms with Crippen LogP contribution in [-0.4, -0.2) is 36.4 Å². The van der Waals surface area contributed by atoms with E-state index >= 15 is 0 Å². The van der Waals surface area contributed by atoms with E-state index in [4.69, 9.17) is 0 Å². The zero-order valence-electron chi connectivity index (χ0n) is 8.13. The third-order valence-corrected chi connectivity index (χ3v) is 1.68. The summed E-state index contributed by atoms with van der Waals surface area (Å²) in [5, 5.41) is 15.0. The van der Waals surface area contributed by atoms with Gasteiger partial charge in [-0.15, -0.1) is 0 Å². The maximum atomic E-state index is 10.7. The lowest BCUT2D eigenvalue weighted by molar-refractivity contribution is 0.243. The SMILES string of the molecule is CNC(=O)NCCNCc1cc[nH]n1. The van der Waals surface area contributed by atoms with E-state index in [1.165, 1.54) is 0 Å². The van der Waals surface area contributed by atoms with Crippen molar-refractivity contribution in [3.8, 4) is 0 Å². The summed E-state index contributed by atoms with van der Waals surface area (Å²) >= 11 is 0. The highest BCUT2D eigenvalue weighted by atomic mass is 16.2. The van der Waals surface area contributed by atoms with E-state index < -0.39 is 0 Å². The van der Waals surface area contributed by atoms with Gasteiger partial charge in [0.15, 0.2) is 0 Å². The van der Waals surface area contributed by atoms with Crippen molar-refractivity contribution in [3.05, 3.63) is 18.0 Å². The Morgan fingerprint density at radius 1 is 1.57 bits per heavy atom. The summed E-state index contributed by atoms with van der Waals surface area (Å²) in [6.45, 7) is 2.03. The largest absolute Gasteiger partial charge is 0.341 e. The van der Waals surface area contributed by atoms with Gasteiger partial charge in [-0.25, -0.2) is 4.79 Å². The second kappa shape index (κ2) is 5.98. The molecule has 6 heteroatoms. The zero-order valence-corrected chi connectivity index (χ0v) is 8.13. The van der Waals surface area contributed by atoms with Crippen molar-refractivity contribution in [2.45, 2.75) is 6.54 Å². The van der Waals surface area contributed by atoms with Crippen LogP contribution in [0.5, 0.6) is 0 Å². The number of carbonyl (C=O) groups is 1. The van der Waals surface area contributed by atoms with Gasteiger partial charge >= 0.3 is 6.03 Å². The quantitative estimate of drug-likeness (QED) is 0.477. The molecule has 1 aromatic heterocycles. The minimum Gasteiger partial charge on any atom is -0.341 e. The Hall–Kier alpha value is -1.56. The molecule has 0 spiro atoms. The first-order valence-electron chi connectivity index (χ1n) is 4.48. The maximum Gasteiger partial charge on any atom is 0.314 e. The Morgan fingerprint density at radius 2 is 2.43 bits per heavy atom. The molecule has 0 saturated carbocycles. The molecule has 0 radical (unpaired) electrons. The van der Waals surface area contributed by atoms with Gasteiger partial charge in [-0.1, -0.05) is 0 Å². The van der Waals surface area contributed by atoms with Crippen molar-refractivity contribution in [2.24, 2.45) is 0 Å². The third-order valence-electron chi connectivity index (χ3n) is 1.68. The van der Waals surface area contributed by atoms with Gasteiger partial charge in [0.1, 0.15) is 0 Å². The molecule has 1 aromatic rings. The lowest BCUT2D eigenvalue weighted by Crippen LogP contribution is -2.37. The van der Waals surface area contributed by atoms with Crippen LogP contribution in [0.4, 0.5) is 4.79 Å². The number of amides is 2. The molecule has 4 N–H and O–H groups in total. The number of aromatic amines is 1. The molecule has 78 valence electrons. The number of hydrogen-bond acceptors (Lipinski definition) is 3. The average Bonchev–Trinajstić information content (AvgIpc) is 2.69. The summed E-state index contributed by atoms with van der Waals surface area (Å²) in [5.74, 6) is 0. The fourth-order valence-corrected chi connectivity index (χ4v) is 0.959. The smallest absolute Gasteiger partial charge is 0.314 e. The average molecular weight is 197 g/mol. The summed E-state index contributed by atoms with van der Waals surface area (Å²) in [7, 11) is 1.59. The minimum atomic E-state index is -0.161. The number of nitrogens with zero attached hydrogens (tertiary/aromatic N) is 1. The Morgan fingerprint density at radius 3 is 3.07 bits per heavy atom. The molecular weight excluding hydrogens is 182 g/mol. The zero-order chi connectivity index (χ0) is 10.2. The van der Waals surface area contributed by atoms with Crippen LogP contribution in [0.2, 0.25) is 0 Å². The second-order valence-electron chi connectivity index (χ2n) is 2.75. The van der Waals surface area contributed by atoms with E-state index in [1.807, 2.05) is 6.07 Å². The molecule has 0 aliphatic heterocycles. The first-order chi connectivity index (χ1) is 6.83. The summed E-state index contributed by atoms with van der Waals surface area (Å²) in [6, 6.07) is 1.74. The number of hydrogen-bond donors (Lipinski definition) is 4. The fourth-order valence-electron chi connectivity index (χ4n) is 0.959. The molecule has 0 aliphatic rings. The monoisotopic (exact) mass is 197 g/mol. The molecule has 0 unspecified atom stereocenters. The van der Waals surface area contributed by atoms with Gasteiger partial charge < -0.3 is 16.0 Å². The maximum absolute atomic E-state index is 10.7. The van der Waals surface area contributed by atoms with Crippen molar-refractivity contribution in [1.82, 2.24) is 26.1 Å². The molecule has 6 nitrogen and oxygen atoms in total. The van der Waals surface area contributed by atoms with Crippen molar-refractivity contribution < 1.29 is 4.79 Å². The molecule has 1 heterocycles. The lowest BCUT2D eigenvalue weighted by Gasteiger charge is -2.04. The first kappa shape index (κ1) is 10.5. The molecule has 0 atom stereocenters. The van der Waals surface area contributed by atoms with Crippen LogP contribution in [0.3, 0.4) is 0 Å². The van der Waals surface area contributed by atoms with E-state index in [1.54, 1.807) is 13.2 Å². The highest BCUT2D eigenvalue weighted by Gasteiger charge is 1.95. The van der Waals surface area contributed by atoms with Crippen molar-refractivity contribution in [1.29, 1.82) is 0 Å². The predicted octanol–water partition coefficient (Wildman–Crippen LogP) is -0.572. The Kier molecular flexibility index (Phi) is 4.49. The van der Waals surface area contributed by atoms with Crippen LogP contribution < -0.4 is 16.0 Å². The van der Waals surface area contributed by atoms with Crippen LogP contribution in [0.1, 0.15) is 5.69 Å². The molecule has 14 heavy (non-hydrogen) atoms. The number of aromatic nitrogens is 2. The summed E-state index contributed by atoms with van der Waals surface area (Å²) in [4.78, 5) is 10.7. The van der Waals surface area contributed by atoms with Crippen LogP contribution in [0, 0.1) is 0 Å². The van der Waals surface area contributed by atoms with Crippen LogP contribution >= 0.6 is 0 Å². The van der Waals surface area contributed by atoms with Gasteiger partial charge in [0, 0.05) is 32.9 Å². The summed E-state index contributed by atoms with van der Waals surface area (Å²) < 4.78 is 0. The van der Waals surface area contributed by atoms with Crippen LogP contribution in [0.15, 0.2) is 12.3 Å². The summed E-state index contributed by atoms with van der Waals surface area (Å²) in [6.07, 6.45) is 1.78. The number of urea groups is 1. The van der Waals surface area contributed by atoms with Crippen molar-refractivity contribution >= 4 is 6.03 Å². The highest BCUT2D eigenvalue weighted by molar-refractivity contribution is 5.73. The number of rotatable bonds is 5. The normalized spacial score (nSPS) is 9.79. The van der Waals surface area contributed by atoms with E-state index in [-0.39, 0.29) is 6.03 Å². The minimum absolute atomic E-state index is 0.161. The molecule has 0 aliphatic carbocycles. The molecule has 0 bridgehead atoms. The Labute approximate surface area is 82.5 Å². The number of H-pyrrole nitrogens is 1. The lowest BCUT2D eigenvalue weighted by atomic mass is 10.4. The van der Waals surface area contributed by atoms with Gasteiger partial charge in [-0.2, -0.15) is 5.10 Å². The molecule has 0 saturated heterocycles. The Bertz CT molecular complexity index is 259. The van der Waals surface area contributed by atoms with E-state index in [2.05, 4.69) is 26.1 Å². The summed E-state index contributed by atoms with van der Waals surface area (Å²) in [5.41, 5.74) is 0.963. The van der Waals surface area contributed by atoms with E-state index in [9.17, 15) is 4.79 Å². The van der Waals surface area contributed by atoms with Gasteiger partial charge in [0.2, 0.25) is 0 Å². The van der Waals surface area contributed by atoms with Gasteiger partial charge in [-0.05, 0) is 6.07 Å². The Balaban J connectivity index is 1.97. The van der Waals surface area contributed by atoms with Crippen LogP contribution in [0.25, 0.3) is 0 Å². The van der Waals surface area contributed by atoms with Crippen molar-refractivity contribution in [2.75, 3.05) is 20.1 Å². The highest BCUT2D eigenvalue weighted by Crippen LogP contribution is 1.88. The molecule has 0 aromatic carbocycles. The standard InChI is InChI=1S/C8H15N5O/c1-9-8(14)11-5-4-10-6-7-2-3-12-13-7/h2-3,10H,4-6H2,1H3,(H,12,13)(H2,9,11,14). The second-order valence-corrected chi connectivity index (χ2v) is 2.75.